The van der Waals surface area contributed by atoms with Crippen LogP contribution >= 0.6 is 0 Å². The molecule has 61 valence electrons. The highest BCUT2D eigenvalue weighted by Crippen LogP contribution is 2.26. The zero-order valence-electron chi connectivity index (χ0n) is 6.82. The molecule has 3 rings (SSSR count). The predicted molar refractivity (Wildman–Crippen MR) is 50.4 cm³/mol. The van der Waals surface area contributed by atoms with Crippen LogP contribution in [0.15, 0.2) is 41.1 Å². The second kappa shape index (κ2) is 2.33. The fourth-order valence-electron chi connectivity index (χ4n) is 1.52. The van der Waals surface area contributed by atoms with Crippen LogP contribution in [0.5, 0.6) is 0 Å². The Kier molecular flexibility index (Phi) is 1.19. The number of nitrogens with zero attached hydrogens (tertiary/aromatic N) is 1. The van der Waals surface area contributed by atoms with E-state index >= 15 is 0 Å². The average Bonchev–Trinajstić information content (AvgIpc) is 2.56. The fourth-order valence-corrected chi connectivity index (χ4v) is 1.52. The number of hydrogen-bond donors (Lipinski definition) is 0. The number of fused-ring (bicyclic) bond motifs is 3. The van der Waals surface area contributed by atoms with E-state index in [9.17, 15) is 0 Å². The van der Waals surface area contributed by atoms with Gasteiger partial charge in [0, 0.05) is 17.0 Å². The van der Waals surface area contributed by atoms with Crippen LogP contribution in [0.1, 0.15) is 0 Å². The molecule has 2 heterocycles. The minimum absolute atomic E-state index is 0.831. The first kappa shape index (κ1) is 6.66. The van der Waals surface area contributed by atoms with Crippen molar-refractivity contribution in [2.45, 2.75) is 0 Å². The first-order chi connectivity index (χ1) is 6.45. The van der Waals surface area contributed by atoms with E-state index in [4.69, 9.17) is 4.42 Å². The summed E-state index contributed by atoms with van der Waals surface area (Å²) >= 11 is 0. The Labute approximate surface area is 74.8 Å². The van der Waals surface area contributed by atoms with Crippen molar-refractivity contribution in [2.75, 3.05) is 0 Å². The largest absolute Gasteiger partial charge is 0.454 e. The summed E-state index contributed by atoms with van der Waals surface area (Å²) in [5, 5.41) is 2.20. The molecule has 2 nitrogen and oxygen atoms in total. The molecule has 13 heavy (non-hydrogen) atoms. The predicted octanol–water partition coefficient (Wildman–Crippen LogP) is 2.78. The number of pyridine rings is 1. The van der Waals surface area contributed by atoms with Gasteiger partial charge in [-0.3, -0.25) is 4.98 Å². The summed E-state index contributed by atoms with van der Waals surface area (Å²) in [5.41, 5.74) is 1.72. The summed E-state index contributed by atoms with van der Waals surface area (Å²) in [7, 11) is 0. The zero-order chi connectivity index (χ0) is 8.67. The lowest BCUT2D eigenvalue weighted by Gasteiger charge is -1.84. The Bertz CT molecular complexity index is 518. The van der Waals surface area contributed by atoms with Crippen LogP contribution in [0.2, 0.25) is 0 Å². The van der Waals surface area contributed by atoms with Crippen LogP contribution in [0.4, 0.5) is 0 Å². The highest BCUT2D eigenvalue weighted by molar-refractivity contribution is 6.04. The van der Waals surface area contributed by atoms with E-state index < -0.39 is 0 Å². The first-order valence-electron chi connectivity index (χ1n) is 4.07. The van der Waals surface area contributed by atoms with Gasteiger partial charge in [0.15, 0.2) is 5.58 Å². The van der Waals surface area contributed by atoms with Gasteiger partial charge in [-0.1, -0.05) is 6.07 Å². The monoisotopic (exact) mass is 168 g/mol. The van der Waals surface area contributed by atoms with E-state index in [1.54, 1.807) is 12.4 Å². The third-order valence-electron chi connectivity index (χ3n) is 2.12. The van der Waals surface area contributed by atoms with Gasteiger partial charge in [-0.05, 0) is 24.3 Å². The van der Waals surface area contributed by atoms with E-state index in [1.807, 2.05) is 24.3 Å². The lowest BCUT2D eigenvalue weighted by Crippen LogP contribution is -1.67. The van der Waals surface area contributed by atoms with Crippen molar-refractivity contribution in [3.05, 3.63) is 42.7 Å². The molecular formula is C11H6NO. The molecule has 0 unspecified atom stereocenters. The molecule has 0 fully saturated rings. The van der Waals surface area contributed by atoms with Crippen molar-refractivity contribution in [1.29, 1.82) is 0 Å². The minimum Gasteiger partial charge on any atom is -0.454 e. The normalized spacial score (nSPS) is 11.1. The van der Waals surface area contributed by atoms with Gasteiger partial charge in [0.25, 0.3) is 0 Å². The van der Waals surface area contributed by atoms with Crippen molar-refractivity contribution in [2.24, 2.45) is 0 Å². The summed E-state index contributed by atoms with van der Waals surface area (Å²) in [6.45, 7) is 0. The maximum absolute atomic E-state index is 5.57. The highest BCUT2D eigenvalue weighted by Gasteiger charge is 2.03. The van der Waals surface area contributed by atoms with Crippen LogP contribution < -0.4 is 0 Å². The maximum Gasteiger partial charge on any atom is 0.153 e. The van der Waals surface area contributed by atoms with Crippen molar-refractivity contribution in [3.63, 3.8) is 0 Å². The molecule has 0 spiro atoms. The van der Waals surface area contributed by atoms with Gasteiger partial charge in [-0.2, -0.15) is 0 Å². The van der Waals surface area contributed by atoms with Gasteiger partial charge in [-0.25, -0.2) is 0 Å². The Balaban J connectivity index is 2.64. The Morgan fingerprint density at radius 1 is 1.15 bits per heavy atom. The molecule has 0 atom stereocenters. The smallest absolute Gasteiger partial charge is 0.153 e. The van der Waals surface area contributed by atoms with Crippen molar-refractivity contribution in [1.82, 2.24) is 4.98 Å². The van der Waals surface area contributed by atoms with Gasteiger partial charge in [0.1, 0.15) is 5.58 Å². The molecule has 0 saturated heterocycles. The molecule has 1 radical (unpaired) electrons. The second-order valence-corrected chi connectivity index (χ2v) is 2.90. The number of hydrogen-bond acceptors (Lipinski definition) is 2. The quantitative estimate of drug-likeness (QED) is 0.515. The molecule has 0 aliphatic carbocycles. The topological polar surface area (TPSA) is 26.0 Å². The van der Waals surface area contributed by atoms with Crippen molar-refractivity contribution in [3.8, 4) is 0 Å². The van der Waals surface area contributed by atoms with Crippen LogP contribution in [-0.2, 0) is 0 Å². The number of benzene rings is 1. The lowest BCUT2D eigenvalue weighted by molar-refractivity contribution is 0.667. The van der Waals surface area contributed by atoms with Crippen LogP contribution in [-0.4, -0.2) is 4.98 Å². The molecule has 0 bridgehead atoms. The third kappa shape index (κ3) is 0.855. The molecule has 0 aliphatic rings. The molecule has 0 amide bonds. The van der Waals surface area contributed by atoms with Gasteiger partial charge in [-0.15, -0.1) is 0 Å². The molecule has 2 heteroatoms. The van der Waals surface area contributed by atoms with Gasteiger partial charge < -0.3 is 4.42 Å². The van der Waals surface area contributed by atoms with E-state index in [-0.39, 0.29) is 0 Å². The van der Waals surface area contributed by atoms with Crippen molar-refractivity contribution < 1.29 is 4.42 Å². The second-order valence-electron chi connectivity index (χ2n) is 2.90. The standard InChI is InChI=1S/C11H6NO/c1-2-4-10-8(3-1)9-5-6-12-7-11(9)13-10/h2-7H. The number of rotatable bonds is 0. The molecule has 0 N–H and O–H groups in total. The number of furan rings is 1. The summed E-state index contributed by atoms with van der Waals surface area (Å²) in [4.78, 5) is 4.00. The van der Waals surface area contributed by atoms with Gasteiger partial charge in [0.05, 0.1) is 6.20 Å². The summed E-state index contributed by atoms with van der Waals surface area (Å²) in [6, 6.07) is 10.7. The van der Waals surface area contributed by atoms with Gasteiger partial charge in [0.2, 0.25) is 0 Å². The van der Waals surface area contributed by atoms with Crippen molar-refractivity contribution >= 4 is 21.9 Å². The molecule has 2 aromatic heterocycles. The first-order valence-corrected chi connectivity index (χ1v) is 4.07. The SMILES string of the molecule is [c]1ccc2oc3cnccc3c2c1. The molecule has 0 aliphatic heterocycles. The Morgan fingerprint density at radius 2 is 2.15 bits per heavy atom. The molecule has 1 aromatic carbocycles. The van der Waals surface area contributed by atoms with Crippen LogP contribution in [0.25, 0.3) is 21.9 Å². The van der Waals surface area contributed by atoms with E-state index in [0.29, 0.717) is 0 Å². The average molecular weight is 168 g/mol. The molecule has 3 aromatic rings. The highest BCUT2D eigenvalue weighted by atomic mass is 16.3. The van der Waals surface area contributed by atoms with Crippen LogP contribution in [0, 0.1) is 6.07 Å². The van der Waals surface area contributed by atoms with E-state index in [2.05, 4.69) is 11.1 Å². The summed E-state index contributed by atoms with van der Waals surface area (Å²) in [5.74, 6) is 0. The van der Waals surface area contributed by atoms with Gasteiger partial charge >= 0.3 is 0 Å². The Morgan fingerprint density at radius 3 is 3.15 bits per heavy atom. The maximum atomic E-state index is 5.57. The zero-order valence-corrected chi connectivity index (χ0v) is 6.82. The third-order valence-corrected chi connectivity index (χ3v) is 2.12. The summed E-state index contributed by atoms with van der Waals surface area (Å²) < 4.78 is 5.57. The van der Waals surface area contributed by atoms with Crippen LogP contribution in [0.3, 0.4) is 0 Å². The number of aromatic nitrogens is 1. The summed E-state index contributed by atoms with van der Waals surface area (Å²) in [6.07, 6.45) is 3.50. The molecular weight excluding hydrogens is 162 g/mol. The fraction of sp³-hybridized carbons (Fsp3) is 0. The molecule has 0 saturated carbocycles. The van der Waals surface area contributed by atoms with E-state index in [0.717, 1.165) is 21.9 Å². The lowest BCUT2D eigenvalue weighted by atomic mass is 10.2. The minimum atomic E-state index is 0.831. The Hall–Kier alpha value is -1.83. The van der Waals surface area contributed by atoms with E-state index in [1.165, 1.54) is 0 Å².